The number of aliphatic hydroxyl groups excluding tert-OH is 1. The fraction of sp³-hybridized carbons (Fsp3) is 0.600. The standard InChI is InChI=1S/C15H19FO/c1-9-6-7-10(16)8-13(9)15(17)14-11-4-2-3-5-12(11)14/h6-8,11-12,14-15,17H,2-5H2,1H3. The largest absolute Gasteiger partial charge is 0.388 e. The molecule has 0 bridgehead atoms. The first-order valence-corrected chi connectivity index (χ1v) is 6.62. The van der Waals surface area contributed by atoms with Crippen molar-refractivity contribution in [2.24, 2.45) is 17.8 Å². The van der Waals surface area contributed by atoms with E-state index in [1.54, 1.807) is 6.07 Å². The van der Waals surface area contributed by atoms with Crippen LogP contribution in [0.15, 0.2) is 18.2 Å². The minimum Gasteiger partial charge on any atom is -0.388 e. The first-order chi connectivity index (χ1) is 8.18. The molecule has 3 rings (SSSR count). The van der Waals surface area contributed by atoms with Crippen LogP contribution in [0.3, 0.4) is 0 Å². The fourth-order valence-corrected chi connectivity index (χ4v) is 3.65. The molecule has 0 heterocycles. The Balaban J connectivity index is 1.82. The molecular formula is C15H19FO. The van der Waals surface area contributed by atoms with Crippen LogP contribution in [0.2, 0.25) is 0 Å². The van der Waals surface area contributed by atoms with Crippen molar-refractivity contribution in [2.45, 2.75) is 38.7 Å². The monoisotopic (exact) mass is 234 g/mol. The summed E-state index contributed by atoms with van der Waals surface area (Å²) in [6, 6.07) is 4.73. The molecule has 0 radical (unpaired) electrons. The average Bonchev–Trinajstić information content (AvgIpc) is 3.05. The molecule has 2 aliphatic rings. The van der Waals surface area contributed by atoms with Gasteiger partial charge in [0, 0.05) is 0 Å². The first-order valence-electron chi connectivity index (χ1n) is 6.62. The molecule has 2 fully saturated rings. The van der Waals surface area contributed by atoms with Crippen molar-refractivity contribution in [1.82, 2.24) is 0 Å². The van der Waals surface area contributed by atoms with Crippen LogP contribution in [-0.4, -0.2) is 5.11 Å². The van der Waals surface area contributed by atoms with Gasteiger partial charge in [0.25, 0.3) is 0 Å². The summed E-state index contributed by atoms with van der Waals surface area (Å²) in [5, 5.41) is 10.4. The SMILES string of the molecule is Cc1ccc(F)cc1C(O)C1C2CCCCC21. The van der Waals surface area contributed by atoms with Crippen LogP contribution < -0.4 is 0 Å². The van der Waals surface area contributed by atoms with Crippen LogP contribution in [0.5, 0.6) is 0 Å². The predicted molar refractivity (Wildman–Crippen MR) is 65.0 cm³/mol. The van der Waals surface area contributed by atoms with Gasteiger partial charge in [-0.25, -0.2) is 4.39 Å². The van der Waals surface area contributed by atoms with Crippen LogP contribution in [0.4, 0.5) is 4.39 Å². The molecule has 0 saturated heterocycles. The average molecular weight is 234 g/mol. The van der Waals surface area contributed by atoms with Crippen molar-refractivity contribution in [3.8, 4) is 0 Å². The molecule has 1 aromatic carbocycles. The van der Waals surface area contributed by atoms with Gasteiger partial charge in [-0.3, -0.25) is 0 Å². The molecule has 2 aliphatic carbocycles. The summed E-state index contributed by atoms with van der Waals surface area (Å²) < 4.78 is 13.3. The molecule has 1 nitrogen and oxygen atoms in total. The highest BCUT2D eigenvalue weighted by atomic mass is 19.1. The number of benzene rings is 1. The predicted octanol–water partition coefficient (Wildman–Crippen LogP) is 3.60. The van der Waals surface area contributed by atoms with Gasteiger partial charge in [0.2, 0.25) is 0 Å². The summed E-state index contributed by atoms with van der Waals surface area (Å²) >= 11 is 0. The van der Waals surface area contributed by atoms with Crippen molar-refractivity contribution < 1.29 is 9.50 Å². The molecule has 0 aromatic heterocycles. The molecule has 1 N–H and O–H groups in total. The van der Waals surface area contributed by atoms with E-state index in [1.807, 2.05) is 6.92 Å². The molecule has 0 amide bonds. The number of hydrogen-bond acceptors (Lipinski definition) is 1. The van der Waals surface area contributed by atoms with E-state index >= 15 is 0 Å². The van der Waals surface area contributed by atoms with Crippen LogP contribution >= 0.6 is 0 Å². The van der Waals surface area contributed by atoms with Crippen molar-refractivity contribution >= 4 is 0 Å². The Morgan fingerprint density at radius 2 is 1.88 bits per heavy atom. The number of hydrogen-bond donors (Lipinski definition) is 1. The third-order valence-corrected chi connectivity index (χ3v) is 4.65. The van der Waals surface area contributed by atoms with Gasteiger partial charge < -0.3 is 5.11 Å². The van der Waals surface area contributed by atoms with Crippen molar-refractivity contribution in [3.05, 3.63) is 35.1 Å². The zero-order valence-corrected chi connectivity index (χ0v) is 10.2. The summed E-state index contributed by atoms with van der Waals surface area (Å²) in [6.45, 7) is 1.95. The van der Waals surface area contributed by atoms with Gasteiger partial charge in [0.15, 0.2) is 0 Å². The lowest BCUT2D eigenvalue weighted by Crippen LogP contribution is -2.05. The van der Waals surface area contributed by atoms with E-state index in [2.05, 4.69) is 0 Å². The van der Waals surface area contributed by atoms with Gasteiger partial charge in [-0.05, 0) is 60.8 Å². The molecule has 3 unspecified atom stereocenters. The third kappa shape index (κ3) is 1.89. The second kappa shape index (κ2) is 4.09. The number of halogens is 1. The van der Waals surface area contributed by atoms with Gasteiger partial charge in [-0.1, -0.05) is 18.9 Å². The molecule has 2 saturated carbocycles. The third-order valence-electron chi connectivity index (χ3n) is 4.65. The molecular weight excluding hydrogens is 215 g/mol. The van der Waals surface area contributed by atoms with E-state index in [9.17, 15) is 9.50 Å². The Bertz CT molecular complexity index is 417. The summed E-state index contributed by atoms with van der Waals surface area (Å²) in [5.74, 6) is 1.54. The molecule has 3 atom stereocenters. The molecule has 0 aliphatic heterocycles. The minimum atomic E-state index is -0.459. The van der Waals surface area contributed by atoms with Crippen molar-refractivity contribution in [2.75, 3.05) is 0 Å². The van der Waals surface area contributed by atoms with Crippen LogP contribution in [-0.2, 0) is 0 Å². The van der Waals surface area contributed by atoms with E-state index in [1.165, 1.54) is 37.8 Å². The van der Waals surface area contributed by atoms with E-state index in [-0.39, 0.29) is 5.82 Å². The summed E-state index contributed by atoms with van der Waals surface area (Å²) in [7, 11) is 0. The quantitative estimate of drug-likeness (QED) is 0.829. The minimum absolute atomic E-state index is 0.242. The summed E-state index contributed by atoms with van der Waals surface area (Å²) in [5.41, 5.74) is 1.80. The highest BCUT2D eigenvalue weighted by Crippen LogP contribution is 2.60. The normalized spacial score (nSPS) is 33.0. The zero-order chi connectivity index (χ0) is 12.0. The van der Waals surface area contributed by atoms with Gasteiger partial charge in [-0.15, -0.1) is 0 Å². The maximum absolute atomic E-state index is 13.3. The fourth-order valence-electron chi connectivity index (χ4n) is 3.65. The smallest absolute Gasteiger partial charge is 0.123 e. The molecule has 2 heteroatoms. The topological polar surface area (TPSA) is 20.2 Å². The molecule has 92 valence electrons. The number of fused-ring (bicyclic) bond motifs is 1. The van der Waals surface area contributed by atoms with Crippen LogP contribution in [0.25, 0.3) is 0 Å². The number of aliphatic hydroxyl groups is 1. The second-order valence-electron chi connectivity index (χ2n) is 5.64. The lowest BCUT2D eigenvalue weighted by atomic mass is 9.98. The van der Waals surface area contributed by atoms with Gasteiger partial charge in [0.1, 0.15) is 5.82 Å². The Kier molecular flexibility index (Phi) is 2.70. The van der Waals surface area contributed by atoms with Crippen molar-refractivity contribution in [3.63, 3.8) is 0 Å². The lowest BCUT2D eigenvalue weighted by Gasteiger charge is -2.14. The molecule has 1 aromatic rings. The Hall–Kier alpha value is -0.890. The van der Waals surface area contributed by atoms with Gasteiger partial charge in [-0.2, -0.15) is 0 Å². The van der Waals surface area contributed by atoms with Gasteiger partial charge >= 0.3 is 0 Å². The van der Waals surface area contributed by atoms with Crippen molar-refractivity contribution in [1.29, 1.82) is 0 Å². The van der Waals surface area contributed by atoms with Crippen LogP contribution in [0.1, 0.15) is 42.9 Å². The maximum atomic E-state index is 13.3. The Morgan fingerprint density at radius 1 is 1.24 bits per heavy atom. The Labute approximate surface area is 102 Å². The zero-order valence-electron chi connectivity index (χ0n) is 10.2. The number of rotatable bonds is 2. The Morgan fingerprint density at radius 3 is 2.53 bits per heavy atom. The van der Waals surface area contributed by atoms with Crippen LogP contribution in [0, 0.1) is 30.5 Å². The number of aryl methyl sites for hydroxylation is 1. The summed E-state index contributed by atoms with van der Waals surface area (Å²) in [6.07, 6.45) is 4.64. The lowest BCUT2D eigenvalue weighted by molar-refractivity contribution is 0.141. The molecule has 0 spiro atoms. The van der Waals surface area contributed by atoms with E-state index < -0.39 is 6.10 Å². The van der Waals surface area contributed by atoms with E-state index in [0.29, 0.717) is 17.8 Å². The highest BCUT2D eigenvalue weighted by molar-refractivity contribution is 5.30. The van der Waals surface area contributed by atoms with Gasteiger partial charge in [0.05, 0.1) is 6.10 Å². The molecule has 17 heavy (non-hydrogen) atoms. The highest BCUT2D eigenvalue weighted by Gasteiger charge is 2.54. The van der Waals surface area contributed by atoms with E-state index in [4.69, 9.17) is 0 Å². The second-order valence-corrected chi connectivity index (χ2v) is 5.64. The first kappa shape index (κ1) is 11.2. The van der Waals surface area contributed by atoms with E-state index in [0.717, 1.165) is 11.1 Å². The maximum Gasteiger partial charge on any atom is 0.123 e. The summed E-state index contributed by atoms with van der Waals surface area (Å²) in [4.78, 5) is 0.